The SMILES string of the molecule is CC(Oc1ccc(N)c(C(=N)C=O)c1)c1c(Cl)cncc1Cl.CNc1ccc(S(C)(=N)=O)nc1. The molecule has 0 fully saturated rings. The van der Waals surface area contributed by atoms with Crippen LogP contribution in [0.3, 0.4) is 0 Å². The lowest BCUT2D eigenvalue weighted by molar-refractivity contribution is -0.102. The Morgan fingerprint density at radius 2 is 1.85 bits per heavy atom. The summed E-state index contributed by atoms with van der Waals surface area (Å²) >= 11 is 12.2. The third-order valence-corrected chi connectivity index (χ3v) is 6.11. The predicted octanol–water partition coefficient (Wildman–Crippen LogP) is 4.84. The van der Waals surface area contributed by atoms with Gasteiger partial charge in [0, 0.05) is 42.5 Å². The molecule has 2 unspecified atom stereocenters. The van der Waals surface area contributed by atoms with Crippen LogP contribution < -0.4 is 15.8 Å². The number of nitrogen functional groups attached to an aromatic ring is 1. The molecule has 0 amide bonds. The number of carbonyl (C=O) groups is 1. The quantitative estimate of drug-likeness (QED) is 0.196. The number of carbonyl (C=O) groups excluding carboxylic acids is 1. The molecular formula is C22H24Cl2N6O3S. The molecule has 1 aromatic carbocycles. The Bertz CT molecular complexity index is 1260. The fourth-order valence-electron chi connectivity index (χ4n) is 2.74. The Balaban J connectivity index is 0.000000287. The number of halogens is 2. The summed E-state index contributed by atoms with van der Waals surface area (Å²) in [6.45, 7) is 1.79. The summed E-state index contributed by atoms with van der Waals surface area (Å²) in [6.07, 6.45) is 5.87. The topological polar surface area (TPSA) is 155 Å². The van der Waals surface area contributed by atoms with Crippen LogP contribution in [-0.4, -0.2) is 39.5 Å². The standard InChI is InChI=1S/C15H13Cl2N3O2.C7H11N3OS/c1-8(15-11(16)5-20-6-12(15)17)22-9-2-3-13(18)10(4-9)14(19)7-21;1-9-6-3-4-7(10-5-6)12(2,8)11/h2-8,19H,18H2,1H3;3-5,8-9H,1-2H3. The molecule has 3 aromatic rings. The Kier molecular flexibility index (Phi) is 9.36. The van der Waals surface area contributed by atoms with E-state index >= 15 is 0 Å². The van der Waals surface area contributed by atoms with Crippen LogP contribution in [0.2, 0.25) is 10.0 Å². The van der Waals surface area contributed by atoms with Crippen molar-refractivity contribution in [1.82, 2.24) is 9.97 Å². The van der Waals surface area contributed by atoms with Crippen LogP contribution in [0.5, 0.6) is 5.75 Å². The van der Waals surface area contributed by atoms with Crippen molar-refractivity contribution in [3.63, 3.8) is 0 Å². The lowest BCUT2D eigenvalue weighted by Crippen LogP contribution is -2.08. The van der Waals surface area contributed by atoms with E-state index in [0.717, 1.165) is 5.69 Å². The van der Waals surface area contributed by atoms with E-state index in [1.54, 1.807) is 44.4 Å². The van der Waals surface area contributed by atoms with Crippen molar-refractivity contribution in [1.29, 1.82) is 10.2 Å². The number of anilines is 2. The van der Waals surface area contributed by atoms with Gasteiger partial charge >= 0.3 is 0 Å². The molecule has 0 saturated carbocycles. The first-order chi connectivity index (χ1) is 16.0. The molecule has 34 heavy (non-hydrogen) atoms. The predicted molar refractivity (Wildman–Crippen MR) is 136 cm³/mol. The minimum atomic E-state index is -2.67. The van der Waals surface area contributed by atoms with E-state index in [1.165, 1.54) is 24.7 Å². The van der Waals surface area contributed by atoms with Crippen molar-refractivity contribution in [3.05, 3.63) is 70.1 Å². The van der Waals surface area contributed by atoms with Gasteiger partial charge in [-0.05, 0) is 37.3 Å². The van der Waals surface area contributed by atoms with Gasteiger partial charge in [-0.2, -0.15) is 0 Å². The van der Waals surface area contributed by atoms with E-state index < -0.39 is 15.8 Å². The van der Waals surface area contributed by atoms with Gasteiger partial charge in [-0.25, -0.2) is 14.0 Å². The summed E-state index contributed by atoms with van der Waals surface area (Å²) in [7, 11) is -0.888. The van der Waals surface area contributed by atoms with Crippen LogP contribution in [0.25, 0.3) is 0 Å². The highest BCUT2D eigenvalue weighted by molar-refractivity contribution is 7.91. The van der Waals surface area contributed by atoms with Gasteiger partial charge < -0.3 is 15.8 Å². The fourth-order valence-corrected chi connectivity index (χ4v) is 3.99. The van der Waals surface area contributed by atoms with Gasteiger partial charge in [0.25, 0.3) is 0 Å². The maximum absolute atomic E-state index is 11.2. The molecule has 2 atom stereocenters. The zero-order chi connectivity index (χ0) is 25.5. The Morgan fingerprint density at radius 3 is 2.35 bits per heavy atom. The highest BCUT2D eigenvalue weighted by atomic mass is 35.5. The molecule has 0 aliphatic heterocycles. The number of nitrogens with two attached hydrogens (primary N) is 1. The van der Waals surface area contributed by atoms with E-state index in [4.69, 9.17) is 43.9 Å². The second kappa shape index (κ2) is 11.8. The van der Waals surface area contributed by atoms with Gasteiger partial charge in [-0.15, -0.1) is 0 Å². The van der Waals surface area contributed by atoms with E-state index in [9.17, 15) is 9.00 Å². The molecule has 0 radical (unpaired) electrons. The first kappa shape index (κ1) is 27.0. The minimum absolute atomic E-state index is 0.212. The first-order valence-electron chi connectivity index (χ1n) is 9.74. The van der Waals surface area contributed by atoms with Crippen molar-refractivity contribution in [2.45, 2.75) is 18.1 Å². The Labute approximate surface area is 208 Å². The van der Waals surface area contributed by atoms with Crippen molar-refractivity contribution < 1.29 is 13.7 Å². The summed E-state index contributed by atoms with van der Waals surface area (Å²) in [5.74, 6) is 0.451. The molecule has 0 spiro atoms. The van der Waals surface area contributed by atoms with Crippen LogP contribution >= 0.6 is 23.2 Å². The lowest BCUT2D eigenvalue weighted by Gasteiger charge is -2.18. The van der Waals surface area contributed by atoms with Gasteiger partial charge in [0.15, 0.2) is 6.29 Å². The summed E-state index contributed by atoms with van der Waals surface area (Å²) in [5, 5.41) is 11.6. The van der Waals surface area contributed by atoms with Crippen molar-refractivity contribution in [3.8, 4) is 5.75 Å². The van der Waals surface area contributed by atoms with Gasteiger partial charge in [0.2, 0.25) is 0 Å². The van der Waals surface area contributed by atoms with Gasteiger partial charge in [-0.3, -0.25) is 15.2 Å². The molecule has 0 aliphatic rings. The average molecular weight is 523 g/mol. The third-order valence-electron chi connectivity index (χ3n) is 4.47. The van der Waals surface area contributed by atoms with Gasteiger partial charge in [0.05, 0.1) is 31.7 Å². The normalized spacial score (nSPS) is 13.0. The van der Waals surface area contributed by atoms with E-state index in [-0.39, 0.29) is 5.71 Å². The largest absolute Gasteiger partial charge is 0.486 e. The molecule has 180 valence electrons. The molecule has 12 heteroatoms. The Morgan fingerprint density at radius 1 is 1.21 bits per heavy atom. The number of ether oxygens (including phenoxy) is 1. The smallest absolute Gasteiger partial charge is 0.168 e. The summed E-state index contributed by atoms with van der Waals surface area (Å²) in [5.41, 5.74) is 7.64. The van der Waals surface area contributed by atoms with Crippen LogP contribution in [0.1, 0.15) is 24.2 Å². The maximum Gasteiger partial charge on any atom is 0.168 e. The number of nitrogens with zero attached hydrogens (tertiary/aromatic N) is 2. The fraction of sp³-hybridized carbons (Fsp3) is 0.182. The van der Waals surface area contributed by atoms with E-state index in [2.05, 4.69) is 15.3 Å². The van der Waals surface area contributed by atoms with Crippen LogP contribution in [0, 0.1) is 10.2 Å². The highest BCUT2D eigenvalue weighted by Crippen LogP contribution is 2.33. The second-order valence-corrected chi connectivity index (χ2v) is 9.96. The number of aromatic nitrogens is 2. The Hall–Kier alpha value is -3.21. The summed E-state index contributed by atoms with van der Waals surface area (Å²) in [4.78, 5) is 18.5. The second-order valence-electron chi connectivity index (χ2n) is 7.04. The molecule has 0 saturated heterocycles. The van der Waals surface area contributed by atoms with Gasteiger partial charge in [-0.1, -0.05) is 23.2 Å². The molecule has 2 aromatic heterocycles. The monoisotopic (exact) mass is 522 g/mol. The number of pyridine rings is 2. The minimum Gasteiger partial charge on any atom is -0.486 e. The molecule has 2 heterocycles. The lowest BCUT2D eigenvalue weighted by atomic mass is 10.1. The molecule has 0 aliphatic carbocycles. The number of hydrogen-bond donors (Lipinski definition) is 4. The molecular weight excluding hydrogens is 499 g/mol. The number of hydrogen-bond acceptors (Lipinski definition) is 9. The number of rotatable bonds is 7. The van der Waals surface area contributed by atoms with Crippen LogP contribution in [0.15, 0.2) is 53.9 Å². The summed E-state index contributed by atoms with van der Waals surface area (Å²) in [6, 6.07) is 8.11. The van der Waals surface area contributed by atoms with E-state index in [1.807, 2.05) is 0 Å². The van der Waals surface area contributed by atoms with Gasteiger partial charge in [0.1, 0.15) is 22.6 Å². The van der Waals surface area contributed by atoms with Crippen LogP contribution in [0.4, 0.5) is 11.4 Å². The average Bonchev–Trinajstić information content (AvgIpc) is 2.79. The maximum atomic E-state index is 11.2. The molecule has 3 rings (SSSR count). The van der Waals surface area contributed by atoms with Crippen molar-refractivity contribution in [2.24, 2.45) is 0 Å². The number of benzene rings is 1. The number of aldehydes is 1. The van der Waals surface area contributed by atoms with Crippen molar-refractivity contribution >= 4 is 56.3 Å². The van der Waals surface area contributed by atoms with E-state index in [0.29, 0.717) is 43.9 Å². The highest BCUT2D eigenvalue weighted by Gasteiger charge is 2.17. The molecule has 0 bridgehead atoms. The summed E-state index contributed by atoms with van der Waals surface area (Å²) < 4.78 is 24.2. The molecule has 5 N–H and O–H groups in total. The molecule has 9 nitrogen and oxygen atoms in total. The zero-order valence-electron chi connectivity index (χ0n) is 18.6. The third kappa shape index (κ3) is 7.14. The first-order valence-corrected chi connectivity index (χ1v) is 12.5. The zero-order valence-corrected chi connectivity index (χ0v) is 21.0. The van der Waals surface area contributed by atoms with Crippen molar-refractivity contribution in [2.75, 3.05) is 24.4 Å². The number of nitrogens with one attached hydrogen (secondary N) is 3. The van der Waals surface area contributed by atoms with Crippen LogP contribution in [-0.2, 0) is 14.5 Å².